The standard InChI is InChI=1S/C29H34N4O5/c1-19(22-11-8-12-23(18-22)36-2)31-28(35)24(15-20-9-6-5-7-10-20)32-29(30)33-27(34)17-21-13-14-25(37-3)26(16-21)38-4/h5-14,16,18-19,24H,15,17H2,1-4H3,(H,31,35)(H3,30,32,33,34)/t19-,24-/m1/s1. The van der Waals surface area contributed by atoms with Crippen LogP contribution in [0.5, 0.6) is 17.2 Å². The molecule has 0 aliphatic carbocycles. The zero-order chi connectivity index (χ0) is 27.5. The van der Waals surface area contributed by atoms with Gasteiger partial charge < -0.3 is 24.8 Å². The molecule has 38 heavy (non-hydrogen) atoms. The Hall–Kier alpha value is -4.53. The zero-order valence-corrected chi connectivity index (χ0v) is 22.0. The lowest BCUT2D eigenvalue weighted by molar-refractivity contribution is -0.123. The van der Waals surface area contributed by atoms with Gasteiger partial charge in [0.25, 0.3) is 0 Å². The molecule has 3 aromatic carbocycles. The predicted octanol–water partition coefficient (Wildman–Crippen LogP) is 3.38. The van der Waals surface area contributed by atoms with Crippen molar-refractivity contribution in [3.05, 3.63) is 89.5 Å². The normalized spacial score (nSPS) is 12.0. The average molecular weight is 519 g/mol. The van der Waals surface area contributed by atoms with Crippen LogP contribution in [-0.2, 0) is 22.4 Å². The second kappa shape index (κ2) is 13.7. The van der Waals surface area contributed by atoms with Crippen LogP contribution in [0.2, 0.25) is 0 Å². The second-order valence-corrected chi connectivity index (χ2v) is 8.68. The van der Waals surface area contributed by atoms with Crippen LogP contribution in [0.3, 0.4) is 0 Å². The molecule has 0 spiro atoms. The van der Waals surface area contributed by atoms with Gasteiger partial charge in [0.05, 0.1) is 33.8 Å². The summed E-state index contributed by atoms with van der Waals surface area (Å²) in [5.74, 6) is 0.795. The van der Waals surface area contributed by atoms with Crippen LogP contribution >= 0.6 is 0 Å². The molecule has 3 aromatic rings. The maximum absolute atomic E-state index is 13.3. The van der Waals surface area contributed by atoms with Crippen molar-refractivity contribution in [1.82, 2.24) is 16.0 Å². The van der Waals surface area contributed by atoms with Gasteiger partial charge in [0.2, 0.25) is 11.8 Å². The van der Waals surface area contributed by atoms with Crippen LogP contribution in [0.15, 0.2) is 72.8 Å². The molecule has 0 bridgehead atoms. The molecule has 9 heteroatoms. The smallest absolute Gasteiger partial charge is 0.243 e. The number of ether oxygens (including phenoxy) is 3. The van der Waals surface area contributed by atoms with Gasteiger partial charge in [-0.1, -0.05) is 48.5 Å². The Morgan fingerprint density at radius 2 is 1.55 bits per heavy atom. The van der Waals surface area contributed by atoms with Crippen LogP contribution in [0.4, 0.5) is 0 Å². The second-order valence-electron chi connectivity index (χ2n) is 8.68. The fraction of sp³-hybridized carbons (Fsp3) is 0.276. The van der Waals surface area contributed by atoms with Gasteiger partial charge in [0.15, 0.2) is 17.5 Å². The average Bonchev–Trinajstić information content (AvgIpc) is 2.92. The quantitative estimate of drug-likeness (QED) is 0.228. The highest BCUT2D eigenvalue weighted by atomic mass is 16.5. The fourth-order valence-electron chi connectivity index (χ4n) is 3.94. The maximum Gasteiger partial charge on any atom is 0.243 e. The summed E-state index contributed by atoms with van der Waals surface area (Å²) < 4.78 is 15.8. The van der Waals surface area contributed by atoms with E-state index < -0.39 is 11.9 Å². The van der Waals surface area contributed by atoms with Crippen molar-refractivity contribution >= 4 is 17.8 Å². The van der Waals surface area contributed by atoms with Crippen molar-refractivity contribution in [2.45, 2.75) is 31.8 Å². The van der Waals surface area contributed by atoms with E-state index >= 15 is 0 Å². The number of methoxy groups -OCH3 is 3. The number of nitrogens with one attached hydrogen (secondary N) is 4. The molecular weight excluding hydrogens is 484 g/mol. The molecule has 0 saturated carbocycles. The van der Waals surface area contributed by atoms with Crippen LogP contribution in [-0.4, -0.2) is 45.1 Å². The number of hydrogen-bond acceptors (Lipinski definition) is 6. The third-order valence-electron chi connectivity index (χ3n) is 5.95. The van der Waals surface area contributed by atoms with E-state index in [9.17, 15) is 9.59 Å². The van der Waals surface area contributed by atoms with Crippen molar-refractivity contribution < 1.29 is 23.8 Å². The Balaban J connectivity index is 1.67. The summed E-state index contributed by atoms with van der Waals surface area (Å²) in [7, 11) is 4.65. The van der Waals surface area contributed by atoms with Gasteiger partial charge in [0.1, 0.15) is 11.8 Å². The summed E-state index contributed by atoms with van der Waals surface area (Å²) in [6, 6.07) is 21.0. The summed E-state index contributed by atoms with van der Waals surface area (Å²) in [4.78, 5) is 25.9. The van der Waals surface area contributed by atoms with E-state index in [0.717, 1.165) is 11.1 Å². The largest absolute Gasteiger partial charge is 0.497 e. The van der Waals surface area contributed by atoms with Crippen molar-refractivity contribution in [3.63, 3.8) is 0 Å². The number of carbonyl (C=O) groups is 2. The van der Waals surface area contributed by atoms with Crippen LogP contribution in [0, 0.1) is 5.41 Å². The number of hydrogen-bond donors (Lipinski definition) is 4. The Morgan fingerprint density at radius 3 is 2.24 bits per heavy atom. The number of rotatable bonds is 11. The van der Waals surface area contributed by atoms with Gasteiger partial charge in [-0.25, -0.2) is 0 Å². The summed E-state index contributed by atoms with van der Waals surface area (Å²) in [6.45, 7) is 1.88. The van der Waals surface area contributed by atoms with E-state index in [2.05, 4.69) is 16.0 Å². The molecule has 2 atom stereocenters. The first-order valence-corrected chi connectivity index (χ1v) is 12.2. The molecule has 3 rings (SSSR count). The van der Waals surface area contributed by atoms with Gasteiger partial charge in [-0.15, -0.1) is 0 Å². The van der Waals surface area contributed by atoms with Crippen molar-refractivity contribution in [2.75, 3.05) is 21.3 Å². The van der Waals surface area contributed by atoms with Crippen molar-refractivity contribution in [1.29, 1.82) is 5.41 Å². The molecule has 0 aliphatic heterocycles. The van der Waals surface area contributed by atoms with Gasteiger partial charge in [-0.2, -0.15) is 0 Å². The molecular formula is C29H34N4O5. The first kappa shape index (κ1) is 28.0. The molecule has 0 aromatic heterocycles. The van der Waals surface area contributed by atoms with E-state index in [1.165, 1.54) is 14.2 Å². The highest BCUT2D eigenvalue weighted by Crippen LogP contribution is 2.27. The van der Waals surface area contributed by atoms with Crippen molar-refractivity contribution in [2.24, 2.45) is 0 Å². The lowest BCUT2D eigenvalue weighted by Crippen LogP contribution is -2.53. The van der Waals surface area contributed by atoms with E-state index in [1.54, 1.807) is 25.3 Å². The molecule has 2 amide bonds. The number of guanidine groups is 1. The predicted molar refractivity (Wildman–Crippen MR) is 146 cm³/mol. The Bertz CT molecular complexity index is 1250. The molecule has 0 aliphatic rings. The lowest BCUT2D eigenvalue weighted by Gasteiger charge is -2.23. The van der Waals surface area contributed by atoms with Gasteiger partial charge >= 0.3 is 0 Å². The van der Waals surface area contributed by atoms with Gasteiger partial charge in [0, 0.05) is 6.42 Å². The first-order chi connectivity index (χ1) is 18.3. The Labute approximate surface area is 223 Å². The monoisotopic (exact) mass is 518 g/mol. The summed E-state index contributed by atoms with van der Waals surface area (Å²) in [5, 5.41) is 16.7. The molecule has 0 fully saturated rings. The summed E-state index contributed by atoms with van der Waals surface area (Å²) in [6.07, 6.45) is 0.346. The lowest BCUT2D eigenvalue weighted by atomic mass is 10.0. The van der Waals surface area contributed by atoms with E-state index in [4.69, 9.17) is 19.6 Å². The van der Waals surface area contributed by atoms with Crippen LogP contribution in [0.25, 0.3) is 0 Å². The number of carbonyl (C=O) groups excluding carboxylic acids is 2. The van der Waals surface area contributed by atoms with E-state index in [-0.39, 0.29) is 24.3 Å². The van der Waals surface area contributed by atoms with Gasteiger partial charge in [-0.3, -0.25) is 20.3 Å². The minimum absolute atomic E-state index is 0.0207. The molecule has 200 valence electrons. The van der Waals surface area contributed by atoms with Crippen molar-refractivity contribution in [3.8, 4) is 17.2 Å². The molecule has 4 N–H and O–H groups in total. The SMILES string of the molecule is COc1cccc([C@@H](C)NC(=O)[C@@H](Cc2ccccc2)NC(=N)NC(=O)Cc2ccc(OC)c(OC)c2)c1. The molecule has 0 saturated heterocycles. The fourth-order valence-corrected chi connectivity index (χ4v) is 3.94. The minimum Gasteiger partial charge on any atom is -0.497 e. The summed E-state index contributed by atoms with van der Waals surface area (Å²) >= 11 is 0. The first-order valence-electron chi connectivity index (χ1n) is 12.2. The van der Waals surface area contributed by atoms with Crippen LogP contribution in [0.1, 0.15) is 29.7 Å². The number of amides is 2. The molecule has 0 heterocycles. The van der Waals surface area contributed by atoms with Gasteiger partial charge in [-0.05, 0) is 47.9 Å². The minimum atomic E-state index is -0.792. The maximum atomic E-state index is 13.3. The third-order valence-corrected chi connectivity index (χ3v) is 5.95. The molecule has 0 unspecified atom stereocenters. The zero-order valence-electron chi connectivity index (χ0n) is 22.0. The van der Waals surface area contributed by atoms with Crippen LogP contribution < -0.4 is 30.2 Å². The highest BCUT2D eigenvalue weighted by Gasteiger charge is 2.23. The van der Waals surface area contributed by atoms with E-state index in [1.807, 2.05) is 61.5 Å². The Kier molecular flexibility index (Phi) is 10.1. The molecule has 0 radical (unpaired) electrons. The number of benzene rings is 3. The molecule has 9 nitrogen and oxygen atoms in total. The Morgan fingerprint density at radius 1 is 0.816 bits per heavy atom. The highest BCUT2D eigenvalue weighted by molar-refractivity contribution is 5.98. The van der Waals surface area contributed by atoms with E-state index in [0.29, 0.717) is 29.2 Å². The third kappa shape index (κ3) is 7.99. The summed E-state index contributed by atoms with van der Waals surface area (Å²) in [5.41, 5.74) is 2.49. The topological polar surface area (TPSA) is 122 Å².